The third kappa shape index (κ3) is 1.60. The molecule has 0 aromatic carbocycles. The van der Waals surface area contributed by atoms with Crippen LogP contribution in [0.5, 0.6) is 0 Å². The van der Waals surface area contributed by atoms with Crippen LogP contribution in [0.15, 0.2) is 0 Å². The molecule has 1 saturated heterocycles. The summed E-state index contributed by atoms with van der Waals surface area (Å²) in [6.07, 6.45) is 2.89. The number of rotatable bonds is 0. The van der Waals surface area contributed by atoms with Crippen molar-refractivity contribution in [2.75, 3.05) is 0 Å². The average Bonchev–Trinajstić information content (AvgIpc) is 2.00. The lowest BCUT2D eigenvalue weighted by Crippen LogP contribution is -2.52. The van der Waals surface area contributed by atoms with E-state index in [1.165, 1.54) is 6.42 Å². The highest BCUT2D eigenvalue weighted by Gasteiger charge is 2.47. The Morgan fingerprint density at radius 2 is 2.07 bits per heavy atom. The smallest absolute Gasteiger partial charge is 0.430 e. The number of hydrogen-bond donors (Lipinski definition) is 0. The van der Waals surface area contributed by atoms with E-state index < -0.39 is 6.16 Å². The van der Waals surface area contributed by atoms with Gasteiger partial charge >= 0.3 is 6.16 Å². The summed E-state index contributed by atoms with van der Waals surface area (Å²) in [4.78, 5) is 11.2. The number of fused-ring (bicyclic) bond motifs is 1. The van der Waals surface area contributed by atoms with E-state index in [2.05, 4.69) is 6.92 Å². The van der Waals surface area contributed by atoms with Gasteiger partial charge in [0.1, 0.15) is 11.7 Å². The van der Waals surface area contributed by atoms with Crippen molar-refractivity contribution in [1.82, 2.24) is 0 Å². The summed E-state index contributed by atoms with van der Waals surface area (Å²) in [5.41, 5.74) is -0.347. The molecule has 2 rings (SSSR count). The second-order valence-corrected chi connectivity index (χ2v) is 5.14. The maximum absolute atomic E-state index is 11.2. The van der Waals surface area contributed by atoms with E-state index in [-0.39, 0.29) is 11.7 Å². The number of cyclic esters (lactones) is 1. The zero-order valence-corrected chi connectivity index (χ0v) is 9.08. The van der Waals surface area contributed by atoms with Crippen LogP contribution in [0, 0.1) is 11.8 Å². The molecule has 0 bridgehead atoms. The molecule has 80 valence electrons. The van der Waals surface area contributed by atoms with E-state index in [4.69, 9.17) is 9.47 Å². The molecule has 1 heterocycles. The maximum Gasteiger partial charge on any atom is 0.509 e. The Morgan fingerprint density at radius 1 is 1.36 bits per heavy atom. The van der Waals surface area contributed by atoms with Crippen molar-refractivity contribution in [3.63, 3.8) is 0 Å². The summed E-state index contributed by atoms with van der Waals surface area (Å²) in [6.45, 7) is 6.19. The molecule has 0 aromatic rings. The van der Waals surface area contributed by atoms with Gasteiger partial charge in [-0.15, -0.1) is 0 Å². The van der Waals surface area contributed by atoms with E-state index >= 15 is 0 Å². The molecule has 0 radical (unpaired) electrons. The fourth-order valence-electron chi connectivity index (χ4n) is 2.69. The lowest BCUT2D eigenvalue weighted by atomic mass is 9.73. The largest absolute Gasteiger partial charge is 0.509 e. The summed E-state index contributed by atoms with van der Waals surface area (Å²) >= 11 is 0. The van der Waals surface area contributed by atoms with Gasteiger partial charge in [-0.1, -0.05) is 13.3 Å². The van der Waals surface area contributed by atoms with Crippen LogP contribution in [0.2, 0.25) is 0 Å². The SMILES string of the molecule is C[C@H]1CC[C@H]2[C@@H](C1)OC(=O)OC2(C)C. The number of carbonyl (C=O) groups is 1. The van der Waals surface area contributed by atoms with Crippen LogP contribution in [0.4, 0.5) is 4.79 Å². The van der Waals surface area contributed by atoms with Gasteiger partial charge in [0.15, 0.2) is 0 Å². The Hall–Kier alpha value is -0.730. The van der Waals surface area contributed by atoms with Crippen molar-refractivity contribution in [3.8, 4) is 0 Å². The lowest BCUT2D eigenvalue weighted by molar-refractivity contribution is -0.158. The molecule has 0 amide bonds. The minimum absolute atomic E-state index is 0.0787. The van der Waals surface area contributed by atoms with Crippen molar-refractivity contribution in [2.45, 2.75) is 51.7 Å². The molecule has 0 N–H and O–H groups in total. The first-order valence-electron chi connectivity index (χ1n) is 5.38. The van der Waals surface area contributed by atoms with Gasteiger partial charge in [0.25, 0.3) is 0 Å². The Kier molecular flexibility index (Phi) is 2.20. The van der Waals surface area contributed by atoms with E-state index in [9.17, 15) is 4.79 Å². The molecule has 1 aliphatic heterocycles. The Bertz CT molecular complexity index is 247. The Balaban J connectivity index is 2.16. The molecule has 1 saturated carbocycles. The molecule has 0 spiro atoms. The molecule has 3 nitrogen and oxygen atoms in total. The first kappa shape index (κ1) is 9.81. The van der Waals surface area contributed by atoms with Crippen LogP contribution >= 0.6 is 0 Å². The molecule has 3 heteroatoms. The zero-order valence-electron chi connectivity index (χ0n) is 9.08. The van der Waals surface area contributed by atoms with Gasteiger partial charge in [0.2, 0.25) is 0 Å². The summed E-state index contributed by atoms with van der Waals surface area (Å²) in [7, 11) is 0. The minimum Gasteiger partial charge on any atom is -0.430 e. The third-order valence-corrected chi connectivity index (χ3v) is 3.54. The normalized spacial score (nSPS) is 40.8. The van der Waals surface area contributed by atoms with E-state index in [0.717, 1.165) is 12.8 Å². The van der Waals surface area contributed by atoms with Gasteiger partial charge in [-0.25, -0.2) is 4.79 Å². The number of hydrogen-bond acceptors (Lipinski definition) is 3. The van der Waals surface area contributed by atoms with Crippen LogP contribution in [-0.4, -0.2) is 17.9 Å². The quantitative estimate of drug-likeness (QED) is 0.561. The predicted molar refractivity (Wildman–Crippen MR) is 51.9 cm³/mol. The minimum atomic E-state index is -0.495. The average molecular weight is 198 g/mol. The van der Waals surface area contributed by atoms with Gasteiger partial charge in [-0.05, 0) is 32.6 Å². The zero-order chi connectivity index (χ0) is 10.3. The second kappa shape index (κ2) is 3.14. The van der Waals surface area contributed by atoms with Gasteiger partial charge in [0.05, 0.1) is 0 Å². The monoisotopic (exact) mass is 198 g/mol. The summed E-state index contributed by atoms with van der Waals surface area (Å²) in [5, 5.41) is 0. The number of carbonyl (C=O) groups excluding carboxylic acids is 1. The van der Waals surface area contributed by atoms with Gasteiger partial charge in [-0.2, -0.15) is 0 Å². The van der Waals surface area contributed by atoms with Gasteiger partial charge in [0, 0.05) is 5.92 Å². The Labute approximate surface area is 84.8 Å². The van der Waals surface area contributed by atoms with E-state index in [1.54, 1.807) is 0 Å². The molecule has 0 aromatic heterocycles. The van der Waals surface area contributed by atoms with Crippen molar-refractivity contribution >= 4 is 6.16 Å². The molecule has 14 heavy (non-hydrogen) atoms. The highest BCUT2D eigenvalue weighted by Crippen LogP contribution is 2.41. The molecule has 1 aliphatic carbocycles. The first-order chi connectivity index (χ1) is 6.49. The van der Waals surface area contributed by atoms with Crippen molar-refractivity contribution in [2.24, 2.45) is 11.8 Å². The van der Waals surface area contributed by atoms with Crippen molar-refractivity contribution in [3.05, 3.63) is 0 Å². The van der Waals surface area contributed by atoms with E-state index in [1.807, 2.05) is 13.8 Å². The van der Waals surface area contributed by atoms with Crippen molar-refractivity contribution in [1.29, 1.82) is 0 Å². The van der Waals surface area contributed by atoms with Crippen LogP contribution in [0.25, 0.3) is 0 Å². The molecule has 3 atom stereocenters. The fourth-order valence-corrected chi connectivity index (χ4v) is 2.69. The van der Waals surface area contributed by atoms with Crippen LogP contribution in [0.1, 0.15) is 40.0 Å². The maximum atomic E-state index is 11.2. The standard InChI is InChI=1S/C11H18O3/c1-7-4-5-8-9(6-7)13-10(12)14-11(8,2)3/h7-9H,4-6H2,1-3H3/t7-,8-,9+/m0/s1. The molecular weight excluding hydrogens is 180 g/mol. The molecular formula is C11H18O3. The second-order valence-electron chi connectivity index (χ2n) is 5.14. The van der Waals surface area contributed by atoms with Crippen molar-refractivity contribution < 1.29 is 14.3 Å². The molecule has 0 unspecified atom stereocenters. The van der Waals surface area contributed by atoms with Crippen LogP contribution in [-0.2, 0) is 9.47 Å². The molecule has 2 fully saturated rings. The van der Waals surface area contributed by atoms with Crippen LogP contribution < -0.4 is 0 Å². The van der Waals surface area contributed by atoms with E-state index in [0.29, 0.717) is 11.8 Å². The topological polar surface area (TPSA) is 35.5 Å². The summed E-state index contributed by atoms with van der Waals surface area (Å²) < 4.78 is 10.5. The van der Waals surface area contributed by atoms with Crippen LogP contribution in [0.3, 0.4) is 0 Å². The molecule has 2 aliphatic rings. The predicted octanol–water partition coefficient (Wildman–Crippen LogP) is 2.74. The fraction of sp³-hybridized carbons (Fsp3) is 0.909. The lowest BCUT2D eigenvalue weighted by Gasteiger charge is -2.46. The summed E-state index contributed by atoms with van der Waals surface area (Å²) in [5.74, 6) is 1.04. The van der Waals surface area contributed by atoms with Gasteiger partial charge in [-0.3, -0.25) is 0 Å². The van der Waals surface area contributed by atoms with Gasteiger partial charge < -0.3 is 9.47 Å². The number of ether oxygens (including phenoxy) is 2. The third-order valence-electron chi connectivity index (χ3n) is 3.54. The summed E-state index contributed by atoms with van der Waals surface area (Å²) in [6, 6.07) is 0. The first-order valence-corrected chi connectivity index (χ1v) is 5.38. The Morgan fingerprint density at radius 3 is 2.79 bits per heavy atom. The highest BCUT2D eigenvalue weighted by atomic mass is 16.7. The highest BCUT2D eigenvalue weighted by molar-refractivity contribution is 5.62.